The maximum absolute atomic E-state index is 4.98. The Morgan fingerprint density at radius 3 is 2.19 bits per heavy atom. The number of nitrogens with zero attached hydrogens (tertiary/aromatic N) is 3. The average Bonchev–Trinajstić information content (AvgIpc) is 3.22. The first-order valence-corrected chi connectivity index (χ1v) is 9.45. The molecule has 0 amide bonds. The maximum atomic E-state index is 4.98. The Labute approximate surface area is 158 Å². The predicted octanol–water partition coefficient (Wildman–Crippen LogP) is 4.29. The molecule has 4 nitrogen and oxygen atoms in total. The molecule has 0 atom stereocenters. The van der Waals surface area contributed by atoms with Crippen LogP contribution in [0.4, 0.5) is 0 Å². The highest BCUT2D eigenvalue weighted by Crippen LogP contribution is 2.13. The highest BCUT2D eigenvalue weighted by molar-refractivity contribution is 5.49. The third kappa shape index (κ3) is 6.11. The molecule has 0 radical (unpaired) electrons. The molecule has 0 unspecified atom stereocenters. The van der Waals surface area contributed by atoms with Crippen molar-refractivity contribution < 1.29 is 4.74 Å². The quantitative estimate of drug-likeness (QED) is 0.801. The second-order valence-electron chi connectivity index (χ2n) is 7.00. The predicted molar refractivity (Wildman–Crippen MR) is 109 cm³/mol. The molecule has 1 aliphatic heterocycles. The van der Waals surface area contributed by atoms with E-state index in [0.717, 1.165) is 12.2 Å². The number of methoxy groups -OCH3 is 1. The van der Waals surface area contributed by atoms with Crippen molar-refractivity contribution in [1.29, 1.82) is 0 Å². The van der Waals surface area contributed by atoms with Gasteiger partial charge in [0, 0.05) is 26.4 Å². The van der Waals surface area contributed by atoms with Crippen molar-refractivity contribution in [2.45, 2.75) is 40.2 Å². The fourth-order valence-electron chi connectivity index (χ4n) is 3.09. The number of hydrogen-bond acceptors (Lipinski definition) is 3. The molecule has 0 spiro atoms. The van der Waals surface area contributed by atoms with Gasteiger partial charge in [0.25, 0.3) is 0 Å². The SMILES string of the molecule is COC/C=C/c1ccc(CN2CCCC2)cc1.Cc1nn(C)c(C)c1C. The van der Waals surface area contributed by atoms with Gasteiger partial charge in [-0.15, -0.1) is 0 Å². The van der Waals surface area contributed by atoms with E-state index >= 15 is 0 Å². The van der Waals surface area contributed by atoms with Gasteiger partial charge in [-0.05, 0) is 63.4 Å². The van der Waals surface area contributed by atoms with Crippen LogP contribution >= 0.6 is 0 Å². The van der Waals surface area contributed by atoms with Crippen molar-refractivity contribution in [3.63, 3.8) is 0 Å². The lowest BCUT2D eigenvalue weighted by atomic mass is 10.1. The molecule has 1 aromatic heterocycles. The van der Waals surface area contributed by atoms with Crippen molar-refractivity contribution in [3.05, 3.63) is 58.4 Å². The molecule has 0 saturated carbocycles. The number of benzene rings is 1. The van der Waals surface area contributed by atoms with Crippen LogP contribution in [0.1, 0.15) is 40.9 Å². The van der Waals surface area contributed by atoms with E-state index in [1.165, 1.54) is 48.3 Å². The molecule has 142 valence electrons. The summed E-state index contributed by atoms with van der Waals surface area (Å²) in [4.78, 5) is 2.52. The van der Waals surface area contributed by atoms with Gasteiger partial charge in [-0.3, -0.25) is 9.58 Å². The van der Waals surface area contributed by atoms with Crippen molar-refractivity contribution in [2.24, 2.45) is 7.05 Å². The van der Waals surface area contributed by atoms with Crippen LogP contribution in [0.25, 0.3) is 6.08 Å². The fraction of sp³-hybridized carbons (Fsp3) is 0.500. The first-order valence-electron chi connectivity index (χ1n) is 9.45. The van der Waals surface area contributed by atoms with E-state index in [4.69, 9.17) is 4.74 Å². The number of aryl methyl sites for hydroxylation is 2. The number of rotatable bonds is 5. The number of likely N-dealkylation sites (tertiary alicyclic amines) is 1. The van der Waals surface area contributed by atoms with Gasteiger partial charge in [-0.25, -0.2) is 0 Å². The molecule has 1 aromatic carbocycles. The van der Waals surface area contributed by atoms with Gasteiger partial charge >= 0.3 is 0 Å². The summed E-state index contributed by atoms with van der Waals surface area (Å²) in [6, 6.07) is 8.81. The number of hydrogen-bond donors (Lipinski definition) is 0. The van der Waals surface area contributed by atoms with Gasteiger partial charge in [0.1, 0.15) is 0 Å². The van der Waals surface area contributed by atoms with Crippen molar-refractivity contribution in [2.75, 3.05) is 26.8 Å². The Hall–Kier alpha value is -1.91. The Balaban J connectivity index is 0.000000228. The van der Waals surface area contributed by atoms with E-state index in [2.05, 4.69) is 54.2 Å². The highest BCUT2D eigenvalue weighted by Gasteiger charge is 2.11. The summed E-state index contributed by atoms with van der Waals surface area (Å²) >= 11 is 0. The van der Waals surface area contributed by atoms with E-state index in [0.29, 0.717) is 6.61 Å². The Morgan fingerprint density at radius 1 is 1.08 bits per heavy atom. The lowest BCUT2D eigenvalue weighted by molar-refractivity contribution is 0.234. The van der Waals surface area contributed by atoms with Crippen LogP contribution in [0.15, 0.2) is 30.3 Å². The molecule has 26 heavy (non-hydrogen) atoms. The zero-order chi connectivity index (χ0) is 18.9. The van der Waals surface area contributed by atoms with Crippen molar-refractivity contribution in [1.82, 2.24) is 14.7 Å². The lowest BCUT2D eigenvalue weighted by Gasteiger charge is -2.14. The molecule has 2 aromatic rings. The Morgan fingerprint density at radius 2 is 1.73 bits per heavy atom. The Bertz CT molecular complexity index is 672. The smallest absolute Gasteiger partial charge is 0.0646 e. The zero-order valence-electron chi connectivity index (χ0n) is 17.0. The average molecular weight is 356 g/mol. The summed E-state index contributed by atoms with van der Waals surface area (Å²) in [7, 11) is 3.68. The van der Waals surface area contributed by atoms with E-state index in [1.54, 1.807) is 7.11 Å². The van der Waals surface area contributed by atoms with Crippen LogP contribution in [0.5, 0.6) is 0 Å². The van der Waals surface area contributed by atoms with Gasteiger partial charge in [0.2, 0.25) is 0 Å². The molecule has 3 rings (SSSR count). The molecule has 2 heterocycles. The topological polar surface area (TPSA) is 30.3 Å². The summed E-state index contributed by atoms with van der Waals surface area (Å²) in [5, 5.41) is 4.23. The van der Waals surface area contributed by atoms with Crippen LogP contribution in [0.3, 0.4) is 0 Å². The minimum absolute atomic E-state index is 0.676. The van der Waals surface area contributed by atoms with Gasteiger partial charge in [-0.2, -0.15) is 5.10 Å². The highest BCUT2D eigenvalue weighted by atomic mass is 16.5. The normalized spacial score (nSPS) is 14.7. The first kappa shape index (κ1) is 20.4. The van der Waals surface area contributed by atoms with Gasteiger partial charge < -0.3 is 4.74 Å². The summed E-state index contributed by atoms with van der Waals surface area (Å²) in [6.07, 6.45) is 6.86. The van der Waals surface area contributed by atoms with E-state index in [9.17, 15) is 0 Å². The van der Waals surface area contributed by atoms with Crippen LogP contribution in [0, 0.1) is 20.8 Å². The van der Waals surface area contributed by atoms with E-state index < -0.39 is 0 Å². The number of aromatic nitrogens is 2. The summed E-state index contributed by atoms with van der Waals surface area (Å²) in [5.74, 6) is 0. The standard InChI is InChI=1S/C15H21NO.C7H12N2/c1-17-12-4-5-14-6-8-15(9-7-14)13-16-10-2-3-11-16;1-5-6(2)8-9(4)7(5)3/h4-9H,2-3,10-13H2,1H3;1-4H3/b5-4+;. The fourth-order valence-corrected chi connectivity index (χ4v) is 3.09. The number of ether oxygens (including phenoxy) is 1. The van der Waals surface area contributed by atoms with Gasteiger partial charge in [0.05, 0.1) is 12.3 Å². The van der Waals surface area contributed by atoms with Gasteiger partial charge in [0.15, 0.2) is 0 Å². The first-order chi connectivity index (χ1) is 12.5. The van der Waals surface area contributed by atoms with Crippen LogP contribution < -0.4 is 0 Å². The molecule has 1 saturated heterocycles. The molecule has 0 aliphatic carbocycles. The molecule has 0 N–H and O–H groups in total. The lowest BCUT2D eigenvalue weighted by Crippen LogP contribution is -2.18. The van der Waals surface area contributed by atoms with Crippen molar-refractivity contribution in [3.8, 4) is 0 Å². The van der Waals surface area contributed by atoms with E-state index in [-0.39, 0.29) is 0 Å². The third-order valence-corrected chi connectivity index (χ3v) is 5.03. The largest absolute Gasteiger partial charge is 0.381 e. The van der Waals surface area contributed by atoms with Crippen LogP contribution in [0.2, 0.25) is 0 Å². The third-order valence-electron chi connectivity index (χ3n) is 5.03. The molecular weight excluding hydrogens is 322 g/mol. The molecule has 0 bridgehead atoms. The molecular formula is C22H33N3O. The van der Waals surface area contributed by atoms with Gasteiger partial charge in [-0.1, -0.05) is 36.4 Å². The zero-order valence-corrected chi connectivity index (χ0v) is 17.0. The van der Waals surface area contributed by atoms with Crippen LogP contribution in [-0.2, 0) is 18.3 Å². The molecule has 1 fully saturated rings. The summed E-state index contributed by atoms with van der Waals surface area (Å²) in [5.41, 5.74) is 6.35. The minimum atomic E-state index is 0.676. The summed E-state index contributed by atoms with van der Waals surface area (Å²) in [6.45, 7) is 10.5. The second-order valence-corrected chi connectivity index (χ2v) is 7.00. The van der Waals surface area contributed by atoms with Crippen LogP contribution in [-0.4, -0.2) is 41.5 Å². The maximum Gasteiger partial charge on any atom is 0.0646 e. The second kappa shape index (κ2) is 10.3. The van der Waals surface area contributed by atoms with E-state index in [1.807, 2.05) is 24.7 Å². The van der Waals surface area contributed by atoms with Crippen molar-refractivity contribution >= 4 is 6.08 Å². The minimum Gasteiger partial charge on any atom is -0.381 e. The molecule has 1 aliphatic rings. The Kier molecular flexibility index (Phi) is 8.07. The summed E-state index contributed by atoms with van der Waals surface area (Å²) < 4.78 is 6.89. The molecule has 4 heteroatoms. The monoisotopic (exact) mass is 355 g/mol.